The molecule has 0 saturated heterocycles. The number of carbonyl (C=O) groups is 3. The Morgan fingerprint density at radius 1 is 0.964 bits per heavy atom. The van der Waals surface area contributed by atoms with Crippen LogP contribution in [0.1, 0.15) is 22.8 Å². The SMILES string of the molecule is CCc1ccccc1NC(=O)CNC(=O)COC(=O)c1ccc(N(C)C)cc1. The van der Waals surface area contributed by atoms with E-state index in [1.807, 2.05) is 50.2 Å². The Balaban J connectivity index is 1.76. The molecule has 0 atom stereocenters. The number of benzene rings is 2. The smallest absolute Gasteiger partial charge is 0.338 e. The van der Waals surface area contributed by atoms with E-state index in [9.17, 15) is 14.4 Å². The number of para-hydroxylation sites is 1. The van der Waals surface area contributed by atoms with Gasteiger partial charge in [0.2, 0.25) is 5.91 Å². The lowest BCUT2D eigenvalue weighted by Gasteiger charge is -2.12. The summed E-state index contributed by atoms with van der Waals surface area (Å²) in [6.45, 7) is 1.34. The molecule has 2 aromatic carbocycles. The number of ether oxygens (including phenoxy) is 1. The summed E-state index contributed by atoms with van der Waals surface area (Å²) in [5.74, 6) is -1.49. The average Bonchev–Trinajstić information content (AvgIpc) is 2.70. The van der Waals surface area contributed by atoms with Crippen molar-refractivity contribution in [2.45, 2.75) is 13.3 Å². The van der Waals surface area contributed by atoms with E-state index in [1.165, 1.54) is 0 Å². The van der Waals surface area contributed by atoms with Crippen LogP contribution in [0.25, 0.3) is 0 Å². The van der Waals surface area contributed by atoms with Crippen molar-refractivity contribution in [3.05, 3.63) is 59.7 Å². The number of esters is 1. The number of nitrogens with zero attached hydrogens (tertiary/aromatic N) is 1. The highest BCUT2D eigenvalue weighted by Crippen LogP contribution is 2.15. The Kier molecular flexibility index (Phi) is 7.56. The number of carbonyl (C=O) groups excluding carboxylic acids is 3. The summed E-state index contributed by atoms with van der Waals surface area (Å²) < 4.78 is 4.98. The van der Waals surface area contributed by atoms with Gasteiger partial charge in [-0.05, 0) is 42.3 Å². The fraction of sp³-hybridized carbons (Fsp3) is 0.286. The van der Waals surface area contributed by atoms with Gasteiger partial charge in [0.1, 0.15) is 0 Å². The van der Waals surface area contributed by atoms with E-state index in [0.29, 0.717) is 5.56 Å². The monoisotopic (exact) mass is 383 g/mol. The molecule has 0 aliphatic rings. The van der Waals surface area contributed by atoms with Crippen molar-refractivity contribution >= 4 is 29.2 Å². The van der Waals surface area contributed by atoms with Gasteiger partial charge in [0.25, 0.3) is 5.91 Å². The zero-order chi connectivity index (χ0) is 20.5. The topological polar surface area (TPSA) is 87.7 Å². The molecule has 0 fully saturated rings. The van der Waals surface area contributed by atoms with Gasteiger partial charge in [-0.2, -0.15) is 0 Å². The Morgan fingerprint density at radius 3 is 2.29 bits per heavy atom. The van der Waals surface area contributed by atoms with E-state index in [1.54, 1.807) is 24.3 Å². The molecule has 2 rings (SSSR count). The van der Waals surface area contributed by atoms with Gasteiger partial charge in [-0.15, -0.1) is 0 Å². The van der Waals surface area contributed by atoms with Crippen molar-refractivity contribution in [3.63, 3.8) is 0 Å². The normalized spacial score (nSPS) is 10.1. The van der Waals surface area contributed by atoms with Crippen LogP contribution in [0.3, 0.4) is 0 Å². The second-order valence-corrected chi connectivity index (χ2v) is 6.35. The van der Waals surface area contributed by atoms with Crippen LogP contribution in [0.2, 0.25) is 0 Å². The first-order valence-electron chi connectivity index (χ1n) is 8.99. The number of nitrogens with one attached hydrogen (secondary N) is 2. The molecule has 0 spiro atoms. The van der Waals surface area contributed by atoms with Crippen molar-refractivity contribution in [3.8, 4) is 0 Å². The van der Waals surface area contributed by atoms with Gasteiger partial charge < -0.3 is 20.3 Å². The fourth-order valence-electron chi connectivity index (χ4n) is 2.48. The molecule has 0 unspecified atom stereocenters. The molecule has 2 amide bonds. The molecular weight excluding hydrogens is 358 g/mol. The van der Waals surface area contributed by atoms with Crippen molar-refractivity contribution in [1.29, 1.82) is 0 Å². The third-order valence-electron chi connectivity index (χ3n) is 4.07. The molecule has 0 aliphatic carbocycles. The van der Waals surface area contributed by atoms with Crippen LogP contribution >= 0.6 is 0 Å². The first kappa shape index (κ1) is 21.0. The largest absolute Gasteiger partial charge is 0.452 e. The highest BCUT2D eigenvalue weighted by Gasteiger charge is 2.12. The van der Waals surface area contributed by atoms with Gasteiger partial charge >= 0.3 is 5.97 Å². The molecule has 0 bridgehead atoms. The van der Waals surface area contributed by atoms with Gasteiger partial charge in [-0.3, -0.25) is 9.59 Å². The maximum atomic E-state index is 12.0. The van der Waals surface area contributed by atoms with Crippen LogP contribution in [-0.2, 0) is 20.7 Å². The van der Waals surface area contributed by atoms with Crippen LogP contribution in [0.5, 0.6) is 0 Å². The van der Waals surface area contributed by atoms with Crippen LogP contribution in [0, 0.1) is 0 Å². The molecule has 148 valence electrons. The Morgan fingerprint density at radius 2 is 1.64 bits per heavy atom. The maximum absolute atomic E-state index is 12.0. The molecule has 7 nitrogen and oxygen atoms in total. The Bertz CT molecular complexity index is 832. The molecule has 2 N–H and O–H groups in total. The second-order valence-electron chi connectivity index (χ2n) is 6.35. The van der Waals surface area contributed by atoms with E-state index >= 15 is 0 Å². The summed E-state index contributed by atoms with van der Waals surface area (Å²) >= 11 is 0. The van der Waals surface area contributed by atoms with Crippen molar-refractivity contribution in [1.82, 2.24) is 5.32 Å². The summed E-state index contributed by atoms with van der Waals surface area (Å²) in [5, 5.41) is 5.19. The van der Waals surface area contributed by atoms with Crippen LogP contribution < -0.4 is 15.5 Å². The van der Waals surface area contributed by atoms with Gasteiger partial charge in [-0.1, -0.05) is 25.1 Å². The molecule has 0 aromatic heterocycles. The van der Waals surface area contributed by atoms with E-state index < -0.39 is 18.5 Å². The van der Waals surface area contributed by atoms with E-state index in [0.717, 1.165) is 23.4 Å². The third kappa shape index (κ3) is 6.12. The van der Waals surface area contributed by atoms with E-state index in [2.05, 4.69) is 10.6 Å². The lowest BCUT2D eigenvalue weighted by Crippen LogP contribution is -2.35. The van der Waals surface area contributed by atoms with Crippen molar-refractivity contribution in [2.24, 2.45) is 0 Å². The van der Waals surface area contributed by atoms with Gasteiger partial charge in [-0.25, -0.2) is 4.79 Å². The summed E-state index contributed by atoms with van der Waals surface area (Å²) in [6.07, 6.45) is 0.786. The van der Waals surface area contributed by atoms with Gasteiger partial charge in [0.15, 0.2) is 6.61 Å². The zero-order valence-corrected chi connectivity index (χ0v) is 16.3. The third-order valence-corrected chi connectivity index (χ3v) is 4.07. The van der Waals surface area contributed by atoms with Crippen molar-refractivity contribution in [2.75, 3.05) is 37.5 Å². The Labute approximate surface area is 164 Å². The van der Waals surface area contributed by atoms with Crippen LogP contribution in [-0.4, -0.2) is 45.0 Å². The van der Waals surface area contributed by atoms with Crippen molar-refractivity contribution < 1.29 is 19.1 Å². The summed E-state index contributed by atoms with van der Waals surface area (Å²) in [5.41, 5.74) is 3.03. The molecule has 2 aromatic rings. The van der Waals surface area contributed by atoms with Gasteiger partial charge in [0.05, 0.1) is 12.1 Å². The van der Waals surface area contributed by atoms with Crippen LogP contribution in [0.4, 0.5) is 11.4 Å². The average molecular weight is 383 g/mol. The number of rotatable bonds is 8. The van der Waals surface area contributed by atoms with Crippen LogP contribution in [0.15, 0.2) is 48.5 Å². The summed E-state index contributed by atoms with van der Waals surface area (Å²) in [4.78, 5) is 37.7. The fourth-order valence-corrected chi connectivity index (χ4v) is 2.48. The molecular formula is C21H25N3O4. The van der Waals surface area contributed by atoms with E-state index in [4.69, 9.17) is 4.74 Å². The number of aryl methyl sites for hydroxylation is 1. The molecule has 0 saturated carbocycles. The lowest BCUT2D eigenvalue weighted by atomic mass is 10.1. The standard InChI is InChI=1S/C21H25N3O4/c1-4-15-7-5-6-8-18(15)23-19(25)13-22-20(26)14-28-21(27)16-9-11-17(12-10-16)24(2)3/h5-12H,4,13-14H2,1-3H3,(H,22,26)(H,23,25). The molecule has 28 heavy (non-hydrogen) atoms. The quantitative estimate of drug-likeness (QED) is 0.683. The lowest BCUT2D eigenvalue weighted by molar-refractivity contribution is -0.126. The number of hydrogen-bond acceptors (Lipinski definition) is 5. The summed E-state index contributed by atoms with van der Waals surface area (Å²) in [6, 6.07) is 14.3. The number of amides is 2. The zero-order valence-electron chi connectivity index (χ0n) is 16.3. The minimum Gasteiger partial charge on any atom is -0.452 e. The predicted octanol–water partition coefficient (Wildman–Crippen LogP) is 2.23. The predicted molar refractivity (Wildman–Crippen MR) is 109 cm³/mol. The Hall–Kier alpha value is -3.35. The highest BCUT2D eigenvalue weighted by molar-refractivity contribution is 5.96. The highest BCUT2D eigenvalue weighted by atomic mass is 16.5. The molecule has 0 radical (unpaired) electrons. The number of hydrogen-bond donors (Lipinski definition) is 2. The molecule has 0 aliphatic heterocycles. The minimum absolute atomic E-state index is 0.202. The van der Waals surface area contributed by atoms with Gasteiger partial charge in [0, 0.05) is 25.5 Å². The van der Waals surface area contributed by atoms with E-state index in [-0.39, 0.29) is 12.5 Å². The minimum atomic E-state index is -0.596. The first-order valence-corrected chi connectivity index (χ1v) is 8.99. The summed E-state index contributed by atoms with van der Waals surface area (Å²) in [7, 11) is 3.79. The molecule has 7 heteroatoms. The second kappa shape index (κ2) is 10.1. The first-order chi connectivity index (χ1) is 13.4. The maximum Gasteiger partial charge on any atom is 0.338 e. The molecule has 0 heterocycles. The number of anilines is 2.